The van der Waals surface area contributed by atoms with Gasteiger partial charge in [0, 0.05) is 15.7 Å². The molecule has 0 saturated carbocycles. The summed E-state index contributed by atoms with van der Waals surface area (Å²) in [5.41, 5.74) is 1.67. The Labute approximate surface area is 150 Å². The number of rotatable bonds is 6. The molecular weight excluding hydrogens is 394 g/mol. The monoisotopic (exact) mass is 405 g/mol. The molecule has 0 saturated heterocycles. The lowest BCUT2D eigenvalue weighted by molar-refractivity contribution is 0.102. The summed E-state index contributed by atoms with van der Waals surface area (Å²) in [6, 6.07) is 17.2. The molecule has 0 amide bonds. The van der Waals surface area contributed by atoms with E-state index in [0.717, 1.165) is 19.6 Å². The Bertz CT molecular complexity index is 791. The van der Waals surface area contributed by atoms with E-state index in [2.05, 4.69) is 31.4 Å². The van der Waals surface area contributed by atoms with Crippen molar-refractivity contribution < 1.29 is 4.79 Å². The molecule has 1 N–H and O–H groups in total. The van der Waals surface area contributed by atoms with Gasteiger partial charge in [0.1, 0.15) is 0 Å². The molecular formula is C16H12BrN3OS2. The molecule has 3 rings (SSSR count). The van der Waals surface area contributed by atoms with Crippen LogP contribution in [0.25, 0.3) is 0 Å². The molecule has 0 unspecified atom stereocenters. The van der Waals surface area contributed by atoms with Crippen LogP contribution >= 0.6 is 39.0 Å². The predicted octanol–water partition coefficient (Wildman–Crippen LogP) is 5.02. The highest BCUT2D eigenvalue weighted by Gasteiger charge is 2.10. The van der Waals surface area contributed by atoms with E-state index < -0.39 is 0 Å². The van der Waals surface area contributed by atoms with Crippen LogP contribution in [0, 0.1) is 0 Å². The first-order chi connectivity index (χ1) is 11.2. The SMILES string of the molecule is O=C(CSc1nnc(Nc2ccccc2)s1)c1ccc(Br)cc1. The summed E-state index contributed by atoms with van der Waals surface area (Å²) >= 11 is 6.20. The Balaban J connectivity index is 1.57. The highest BCUT2D eigenvalue weighted by molar-refractivity contribution is 9.10. The van der Waals surface area contributed by atoms with Gasteiger partial charge in [-0.25, -0.2) is 0 Å². The number of hydrogen-bond acceptors (Lipinski definition) is 6. The number of thioether (sulfide) groups is 1. The summed E-state index contributed by atoms with van der Waals surface area (Å²) in [6.07, 6.45) is 0. The van der Waals surface area contributed by atoms with Gasteiger partial charge in [-0.15, -0.1) is 10.2 Å². The Morgan fingerprint density at radius 2 is 1.83 bits per heavy atom. The molecule has 2 aromatic carbocycles. The topological polar surface area (TPSA) is 54.9 Å². The van der Waals surface area contributed by atoms with E-state index >= 15 is 0 Å². The summed E-state index contributed by atoms with van der Waals surface area (Å²) in [6.45, 7) is 0. The fourth-order valence-electron chi connectivity index (χ4n) is 1.81. The van der Waals surface area contributed by atoms with Gasteiger partial charge in [0.25, 0.3) is 0 Å². The summed E-state index contributed by atoms with van der Waals surface area (Å²) in [4.78, 5) is 12.1. The second-order valence-electron chi connectivity index (χ2n) is 4.58. The normalized spacial score (nSPS) is 10.5. The minimum absolute atomic E-state index is 0.0790. The van der Waals surface area contributed by atoms with E-state index in [-0.39, 0.29) is 5.78 Å². The largest absolute Gasteiger partial charge is 0.330 e. The smallest absolute Gasteiger partial charge is 0.210 e. The third-order valence-corrected chi connectivity index (χ3v) is 5.43. The number of halogens is 1. The van der Waals surface area contributed by atoms with E-state index in [4.69, 9.17) is 0 Å². The predicted molar refractivity (Wildman–Crippen MR) is 98.8 cm³/mol. The lowest BCUT2D eigenvalue weighted by Crippen LogP contribution is -2.01. The fourth-order valence-corrected chi connectivity index (χ4v) is 3.74. The fraction of sp³-hybridized carbons (Fsp3) is 0.0625. The maximum Gasteiger partial charge on any atom is 0.210 e. The summed E-state index contributed by atoms with van der Waals surface area (Å²) in [7, 11) is 0. The van der Waals surface area contributed by atoms with Gasteiger partial charge < -0.3 is 5.32 Å². The number of nitrogens with one attached hydrogen (secondary N) is 1. The van der Waals surface area contributed by atoms with Crippen molar-refractivity contribution >= 4 is 55.6 Å². The second kappa shape index (κ2) is 7.72. The lowest BCUT2D eigenvalue weighted by Gasteiger charge is -2.00. The summed E-state index contributed by atoms with van der Waals surface area (Å²) < 4.78 is 1.73. The molecule has 7 heteroatoms. The molecule has 0 radical (unpaired) electrons. The molecule has 0 aliphatic rings. The van der Waals surface area contributed by atoms with Crippen LogP contribution in [0.15, 0.2) is 63.4 Å². The highest BCUT2D eigenvalue weighted by atomic mass is 79.9. The van der Waals surface area contributed by atoms with E-state index in [1.807, 2.05) is 54.6 Å². The highest BCUT2D eigenvalue weighted by Crippen LogP contribution is 2.28. The minimum atomic E-state index is 0.0790. The van der Waals surface area contributed by atoms with Crippen LogP contribution in [-0.2, 0) is 0 Å². The van der Waals surface area contributed by atoms with Gasteiger partial charge in [-0.05, 0) is 24.3 Å². The standard InChI is InChI=1S/C16H12BrN3OS2/c17-12-8-6-11(7-9-12)14(21)10-22-16-20-19-15(23-16)18-13-4-2-1-3-5-13/h1-9H,10H2,(H,18,19). The average molecular weight is 406 g/mol. The summed E-state index contributed by atoms with van der Waals surface area (Å²) in [5.74, 6) is 0.428. The zero-order valence-corrected chi connectivity index (χ0v) is 15.1. The third kappa shape index (κ3) is 4.63. The van der Waals surface area contributed by atoms with Crippen molar-refractivity contribution in [2.24, 2.45) is 0 Å². The van der Waals surface area contributed by atoms with Gasteiger partial charge in [0.15, 0.2) is 10.1 Å². The number of carbonyl (C=O) groups is 1. The average Bonchev–Trinajstić information content (AvgIpc) is 3.02. The first-order valence-corrected chi connectivity index (χ1v) is 9.37. The Hall–Kier alpha value is -1.70. The van der Waals surface area contributed by atoms with Gasteiger partial charge >= 0.3 is 0 Å². The molecule has 1 aromatic heterocycles. The van der Waals surface area contributed by atoms with Crippen molar-refractivity contribution in [1.82, 2.24) is 10.2 Å². The molecule has 0 atom stereocenters. The van der Waals surface area contributed by atoms with Crippen LogP contribution in [0.5, 0.6) is 0 Å². The van der Waals surface area contributed by atoms with E-state index in [1.165, 1.54) is 23.1 Å². The first kappa shape index (κ1) is 16.2. The van der Waals surface area contributed by atoms with E-state index in [9.17, 15) is 4.79 Å². The number of aromatic nitrogens is 2. The van der Waals surface area contributed by atoms with Gasteiger partial charge in [-0.3, -0.25) is 4.79 Å². The molecule has 0 fully saturated rings. The molecule has 23 heavy (non-hydrogen) atoms. The van der Waals surface area contributed by atoms with Gasteiger partial charge in [0.05, 0.1) is 5.75 Å². The first-order valence-electron chi connectivity index (χ1n) is 6.78. The summed E-state index contributed by atoms with van der Waals surface area (Å²) in [5, 5.41) is 12.1. The molecule has 0 bridgehead atoms. The van der Waals surface area contributed by atoms with Crippen LogP contribution in [0.3, 0.4) is 0 Å². The number of carbonyl (C=O) groups excluding carboxylic acids is 1. The number of anilines is 2. The van der Waals surface area contributed by atoms with E-state index in [1.54, 1.807) is 0 Å². The molecule has 4 nitrogen and oxygen atoms in total. The van der Waals surface area contributed by atoms with Crippen LogP contribution < -0.4 is 5.32 Å². The van der Waals surface area contributed by atoms with Crippen molar-refractivity contribution in [3.05, 3.63) is 64.6 Å². The molecule has 1 heterocycles. The Morgan fingerprint density at radius 3 is 2.57 bits per heavy atom. The van der Waals surface area contributed by atoms with Gasteiger partial charge in [-0.1, -0.05) is 69.4 Å². The number of para-hydroxylation sites is 1. The van der Waals surface area contributed by atoms with Crippen LogP contribution in [0.1, 0.15) is 10.4 Å². The van der Waals surface area contributed by atoms with Crippen LogP contribution in [0.2, 0.25) is 0 Å². The molecule has 3 aromatic rings. The number of benzene rings is 2. The lowest BCUT2D eigenvalue weighted by atomic mass is 10.2. The van der Waals surface area contributed by atoms with E-state index in [0.29, 0.717) is 11.3 Å². The molecule has 0 aliphatic heterocycles. The zero-order valence-electron chi connectivity index (χ0n) is 11.9. The quantitative estimate of drug-likeness (QED) is 0.460. The second-order valence-corrected chi connectivity index (χ2v) is 7.70. The molecule has 0 aliphatic carbocycles. The number of hydrogen-bond donors (Lipinski definition) is 1. The maximum absolute atomic E-state index is 12.1. The van der Waals surface area contributed by atoms with Gasteiger partial charge in [0.2, 0.25) is 5.13 Å². The van der Waals surface area contributed by atoms with Crippen molar-refractivity contribution in [2.45, 2.75) is 4.34 Å². The third-order valence-electron chi connectivity index (χ3n) is 2.92. The number of ketones is 1. The molecule has 0 spiro atoms. The van der Waals surface area contributed by atoms with Crippen LogP contribution in [-0.4, -0.2) is 21.7 Å². The minimum Gasteiger partial charge on any atom is -0.330 e. The number of nitrogens with zero attached hydrogens (tertiary/aromatic N) is 2. The zero-order chi connectivity index (χ0) is 16.1. The number of Topliss-reactive ketones (excluding diaryl/α,β-unsaturated/α-hetero) is 1. The van der Waals surface area contributed by atoms with Crippen molar-refractivity contribution in [1.29, 1.82) is 0 Å². The Morgan fingerprint density at radius 1 is 1.09 bits per heavy atom. The van der Waals surface area contributed by atoms with Crippen molar-refractivity contribution in [3.63, 3.8) is 0 Å². The Kier molecular flexibility index (Phi) is 5.43. The van der Waals surface area contributed by atoms with Gasteiger partial charge in [-0.2, -0.15) is 0 Å². The van der Waals surface area contributed by atoms with Crippen molar-refractivity contribution in [3.8, 4) is 0 Å². The van der Waals surface area contributed by atoms with Crippen molar-refractivity contribution in [2.75, 3.05) is 11.1 Å². The molecule has 116 valence electrons. The van der Waals surface area contributed by atoms with Crippen LogP contribution in [0.4, 0.5) is 10.8 Å². The maximum atomic E-state index is 12.1.